The fourth-order valence-corrected chi connectivity index (χ4v) is 2.16. The predicted octanol–water partition coefficient (Wildman–Crippen LogP) is 2.27. The molecule has 0 spiro atoms. The molecule has 0 bridgehead atoms. The Labute approximate surface area is 127 Å². The van der Waals surface area contributed by atoms with Gasteiger partial charge >= 0.3 is 6.09 Å². The molecule has 1 aliphatic rings. The van der Waals surface area contributed by atoms with Crippen LogP contribution in [0.4, 0.5) is 4.79 Å². The molecule has 21 heavy (non-hydrogen) atoms. The van der Waals surface area contributed by atoms with Gasteiger partial charge in [0.05, 0.1) is 6.61 Å². The van der Waals surface area contributed by atoms with Crippen LogP contribution in [0.2, 0.25) is 0 Å². The number of hydrogen-bond donors (Lipinski definition) is 1. The van der Waals surface area contributed by atoms with Gasteiger partial charge in [-0.15, -0.1) is 0 Å². The van der Waals surface area contributed by atoms with E-state index in [0.29, 0.717) is 6.54 Å². The first-order valence-electron chi connectivity index (χ1n) is 7.52. The second-order valence-corrected chi connectivity index (χ2v) is 6.77. The fourth-order valence-electron chi connectivity index (χ4n) is 2.16. The maximum Gasteiger partial charge on any atom is 0.413 e. The van der Waals surface area contributed by atoms with Crippen LogP contribution in [-0.4, -0.2) is 47.4 Å². The molecule has 0 aliphatic carbocycles. The molecule has 0 saturated carbocycles. The van der Waals surface area contributed by atoms with Crippen molar-refractivity contribution in [2.24, 2.45) is 0 Å². The average Bonchev–Trinajstić information content (AvgIpc) is 2.63. The normalized spacial score (nSPS) is 21.2. The van der Waals surface area contributed by atoms with Gasteiger partial charge in [-0.2, -0.15) is 0 Å². The molecule has 0 aromatic carbocycles. The maximum absolute atomic E-state index is 12.4. The second kappa shape index (κ2) is 6.64. The molecular weight excluding hydrogens is 272 g/mol. The van der Waals surface area contributed by atoms with E-state index in [2.05, 4.69) is 12.2 Å². The molecule has 1 N–H and O–H groups in total. The van der Waals surface area contributed by atoms with Crippen LogP contribution in [0.3, 0.4) is 0 Å². The lowest BCUT2D eigenvalue weighted by molar-refractivity contribution is -0.126. The minimum atomic E-state index is -0.852. The monoisotopic (exact) mass is 300 g/mol. The summed E-state index contributed by atoms with van der Waals surface area (Å²) in [5.74, 6) is -0.195. The standard InChI is InChI=1S/C15H28N2O4/c1-7-8-9-16-12(18)11-10-20-15(5,6)17(11)13(19)21-14(2,3)4/h11H,7-10H2,1-6H3,(H,16,18)/t11-/m0/s1. The third-order valence-electron chi connectivity index (χ3n) is 3.21. The molecule has 1 heterocycles. The fraction of sp³-hybridized carbons (Fsp3) is 0.867. The lowest BCUT2D eigenvalue weighted by Gasteiger charge is -2.34. The topological polar surface area (TPSA) is 67.9 Å². The Balaban J connectivity index is 2.79. The van der Waals surface area contributed by atoms with Gasteiger partial charge in [-0.1, -0.05) is 13.3 Å². The van der Waals surface area contributed by atoms with E-state index in [-0.39, 0.29) is 12.5 Å². The molecule has 1 saturated heterocycles. The number of nitrogens with one attached hydrogen (secondary N) is 1. The van der Waals surface area contributed by atoms with Crippen LogP contribution in [0.5, 0.6) is 0 Å². The Morgan fingerprint density at radius 1 is 1.38 bits per heavy atom. The first-order chi connectivity index (χ1) is 9.58. The SMILES string of the molecule is CCCCNC(=O)[C@@H]1COC(C)(C)N1C(=O)OC(C)(C)C. The van der Waals surface area contributed by atoms with Crippen LogP contribution in [-0.2, 0) is 14.3 Å². The van der Waals surface area contributed by atoms with E-state index in [1.807, 2.05) is 0 Å². The molecule has 122 valence electrons. The maximum atomic E-state index is 12.4. The van der Waals surface area contributed by atoms with Crippen molar-refractivity contribution in [3.05, 3.63) is 0 Å². The Kier molecular flexibility index (Phi) is 5.61. The highest BCUT2D eigenvalue weighted by Gasteiger charge is 2.48. The van der Waals surface area contributed by atoms with Gasteiger partial charge in [0.2, 0.25) is 5.91 Å². The molecule has 1 fully saturated rings. The Hall–Kier alpha value is -1.30. The van der Waals surface area contributed by atoms with Gasteiger partial charge in [-0.3, -0.25) is 9.69 Å². The summed E-state index contributed by atoms with van der Waals surface area (Å²) in [5, 5.41) is 2.84. The van der Waals surface area contributed by atoms with Crippen molar-refractivity contribution in [3.8, 4) is 0 Å². The van der Waals surface area contributed by atoms with E-state index < -0.39 is 23.5 Å². The van der Waals surface area contributed by atoms with E-state index in [9.17, 15) is 9.59 Å². The molecule has 0 aromatic rings. The summed E-state index contributed by atoms with van der Waals surface area (Å²) in [7, 11) is 0. The minimum Gasteiger partial charge on any atom is -0.444 e. The van der Waals surface area contributed by atoms with Crippen LogP contribution in [0.15, 0.2) is 0 Å². The van der Waals surface area contributed by atoms with Crippen LogP contribution in [0.25, 0.3) is 0 Å². The van der Waals surface area contributed by atoms with Crippen molar-refractivity contribution < 1.29 is 19.1 Å². The quantitative estimate of drug-likeness (QED) is 0.809. The summed E-state index contributed by atoms with van der Waals surface area (Å²) >= 11 is 0. The largest absolute Gasteiger partial charge is 0.444 e. The summed E-state index contributed by atoms with van der Waals surface area (Å²) < 4.78 is 11.0. The minimum absolute atomic E-state index is 0.185. The lowest BCUT2D eigenvalue weighted by atomic mass is 10.2. The second-order valence-electron chi connectivity index (χ2n) is 6.77. The highest BCUT2D eigenvalue weighted by atomic mass is 16.6. The molecule has 1 atom stereocenters. The molecule has 1 rings (SSSR count). The summed E-state index contributed by atoms with van der Waals surface area (Å²) in [6.45, 7) is 11.8. The van der Waals surface area contributed by atoms with Gasteiger partial charge in [0.25, 0.3) is 0 Å². The molecule has 0 unspecified atom stereocenters. The first kappa shape index (κ1) is 17.8. The Morgan fingerprint density at radius 3 is 2.52 bits per heavy atom. The van der Waals surface area contributed by atoms with Crippen molar-refractivity contribution in [2.75, 3.05) is 13.2 Å². The van der Waals surface area contributed by atoms with Gasteiger partial charge in [0, 0.05) is 6.54 Å². The molecule has 0 radical (unpaired) electrons. The Morgan fingerprint density at radius 2 is 2.00 bits per heavy atom. The van der Waals surface area contributed by atoms with E-state index >= 15 is 0 Å². The van der Waals surface area contributed by atoms with Crippen LogP contribution in [0.1, 0.15) is 54.4 Å². The summed E-state index contributed by atoms with van der Waals surface area (Å²) in [6, 6.07) is -0.647. The highest BCUT2D eigenvalue weighted by molar-refractivity contribution is 5.86. The molecule has 6 nitrogen and oxygen atoms in total. The third-order valence-corrected chi connectivity index (χ3v) is 3.21. The van der Waals surface area contributed by atoms with Gasteiger partial charge in [-0.25, -0.2) is 4.79 Å². The number of unbranched alkanes of at least 4 members (excludes halogenated alkanes) is 1. The molecule has 1 aliphatic heterocycles. The Bertz CT molecular complexity index is 388. The van der Waals surface area contributed by atoms with Crippen LogP contribution < -0.4 is 5.32 Å². The zero-order chi connectivity index (χ0) is 16.3. The number of carbonyl (C=O) groups is 2. The van der Waals surface area contributed by atoms with Crippen molar-refractivity contribution >= 4 is 12.0 Å². The van der Waals surface area contributed by atoms with Gasteiger partial charge in [-0.05, 0) is 41.0 Å². The molecule has 6 heteroatoms. The smallest absolute Gasteiger partial charge is 0.413 e. The van der Waals surface area contributed by atoms with Gasteiger partial charge < -0.3 is 14.8 Å². The van der Waals surface area contributed by atoms with Crippen LogP contribution in [0, 0.1) is 0 Å². The van der Waals surface area contributed by atoms with Gasteiger partial charge in [0.1, 0.15) is 17.4 Å². The van der Waals surface area contributed by atoms with E-state index in [1.54, 1.807) is 34.6 Å². The number of carbonyl (C=O) groups excluding carboxylic acids is 2. The van der Waals surface area contributed by atoms with Crippen molar-refractivity contribution in [2.45, 2.75) is 71.8 Å². The number of hydrogen-bond acceptors (Lipinski definition) is 4. The van der Waals surface area contributed by atoms with Crippen molar-refractivity contribution in [1.82, 2.24) is 10.2 Å². The summed E-state index contributed by atoms with van der Waals surface area (Å²) in [5.41, 5.74) is -1.46. The first-order valence-corrected chi connectivity index (χ1v) is 7.52. The van der Waals surface area contributed by atoms with Crippen molar-refractivity contribution in [3.63, 3.8) is 0 Å². The van der Waals surface area contributed by atoms with E-state index in [1.165, 1.54) is 4.90 Å². The van der Waals surface area contributed by atoms with E-state index in [0.717, 1.165) is 12.8 Å². The van der Waals surface area contributed by atoms with Crippen molar-refractivity contribution in [1.29, 1.82) is 0 Å². The summed E-state index contributed by atoms with van der Waals surface area (Å²) in [6.07, 6.45) is 1.39. The van der Waals surface area contributed by atoms with Crippen LogP contribution >= 0.6 is 0 Å². The summed E-state index contributed by atoms with van der Waals surface area (Å²) in [4.78, 5) is 26.0. The van der Waals surface area contributed by atoms with E-state index in [4.69, 9.17) is 9.47 Å². The number of nitrogens with zero attached hydrogens (tertiary/aromatic N) is 1. The predicted molar refractivity (Wildman–Crippen MR) is 79.8 cm³/mol. The average molecular weight is 300 g/mol. The number of rotatable bonds is 4. The number of ether oxygens (including phenoxy) is 2. The third kappa shape index (κ3) is 4.88. The zero-order valence-electron chi connectivity index (χ0n) is 14.0. The van der Waals surface area contributed by atoms with Gasteiger partial charge in [0.15, 0.2) is 0 Å². The molecule has 0 aromatic heterocycles. The lowest BCUT2D eigenvalue weighted by Crippen LogP contribution is -2.54. The molecule has 2 amide bonds. The number of amides is 2. The molecular formula is C15H28N2O4. The zero-order valence-corrected chi connectivity index (χ0v) is 14.0. The highest BCUT2D eigenvalue weighted by Crippen LogP contribution is 2.29.